The van der Waals surface area contributed by atoms with Crippen molar-refractivity contribution in [1.29, 1.82) is 0 Å². The Morgan fingerprint density at radius 3 is 2.79 bits per heavy atom. The van der Waals surface area contributed by atoms with Crippen LogP contribution in [0.1, 0.15) is 19.7 Å². The molecule has 1 rings (SSSR count). The summed E-state index contributed by atoms with van der Waals surface area (Å²) in [5, 5.41) is 16.6. The van der Waals surface area contributed by atoms with Gasteiger partial charge in [-0.3, -0.25) is 4.68 Å². The second-order valence-corrected chi connectivity index (χ2v) is 3.57. The number of aromatic nitrogens is 3. The van der Waals surface area contributed by atoms with E-state index < -0.39 is 0 Å². The van der Waals surface area contributed by atoms with E-state index in [0.29, 0.717) is 0 Å². The molecule has 0 saturated heterocycles. The number of hydrogen-bond donors (Lipinski definition) is 2. The van der Waals surface area contributed by atoms with Crippen LogP contribution in [0.4, 0.5) is 0 Å². The second-order valence-electron chi connectivity index (χ2n) is 3.57. The van der Waals surface area contributed by atoms with Crippen LogP contribution >= 0.6 is 0 Å². The van der Waals surface area contributed by atoms with Gasteiger partial charge >= 0.3 is 0 Å². The van der Waals surface area contributed by atoms with E-state index in [1.807, 2.05) is 14.0 Å². The van der Waals surface area contributed by atoms with E-state index in [1.54, 1.807) is 17.9 Å². The normalized spacial score (nSPS) is 15.4. The average molecular weight is 198 g/mol. The molecule has 1 heterocycles. The van der Waals surface area contributed by atoms with E-state index in [-0.39, 0.29) is 12.1 Å². The maximum Gasteiger partial charge on any atom is 0.151 e. The molecule has 0 aliphatic rings. The lowest BCUT2D eigenvalue weighted by Crippen LogP contribution is -2.36. The highest BCUT2D eigenvalue weighted by Gasteiger charge is 2.07. The molecule has 5 heteroatoms. The quantitative estimate of drug-likeness (QED) is 0.683. The minimum atomic E-state index is -0.327. The fraction of sp³-hybridized carbons (Fsp3) is 0.778. The highest BCUT2D eigenvalue weighted by atomic mass is 16.3. The van der Waals surface area contributed by atoms with Crippen LogP contribution < -0.4 is 5.32 Å². The topological polar surface area (TPSA) is 63.0 Å². The van der Waals surface area contributed by atoms with Crippen molar-refractivity contribution >= 4 is 0 Å². The minimum Gasteiger partial charge on any atom is -0.392 e. The van der Waals surface area contributed by atoms with E-state index in [4.69, 9.17) is 0 Å². The van der Waals surface area contributed by atoms with Crippen LogP contribution in [-0.4, -0.2) is 38.6 Å². The Balaban J connectivity index is 2.22. The van der Waals surface area contributed by atoms with E-state index in [2.05, 4.69) is 15.4 Å². The summed E-state index contributed by atoms with van der Waals surface area (Å²) in [6.45, 7) is 4.52. The van der Waals surface area contributed by atoms with Gasteiger partial charge in [-0.15, -0.1) is 0 Å². The first-order valence-electron chi connectivity index (χ1n) is 4.85. The lowest BCUT2D eigenvalue weighted by atomic mass is 10.2. The van der Waals surface area contributed by atoms with Crippen molar-refractivity contribution < 1.29 is 5.11 Å². The van der Waals surface area contributed by atoms with Crippen molar-refractivity contribution in [2.75, 3.05) is 6.54 Å². The van der Waals surface area contributed by atoms with Crippen molar-refractivity contribution in [1.82, 2.24) is 20.1 Å². The summed E-state index contributed by atoms with van der Waals surface area (Å²) in [5.74, 6) is 0.831. The number of nitrogens with zero attached hydrogens (tertiary/aromatic N) is 3. The van der Waals surface area contributed by atoms with Crippen LogP contribution in [0, 0.1) is 0 Å². The smallest absolute Gasteiger partial charge is 0.151 e. The van der Waals surface area contributed by atoms with E-state index in [1.165, 1.54) is 0 Å². The average Bonchev–Trinajstić information content (AvgIpc) is 2.51. The largest absolute Gasteiger partial charge is 0.392 e. The van der Waals surface area contributed by atoms with Gasteiger partial charge in [-0.1, -0.05) is 0 Å². The van der Waals surface area contributed by atoms with Crippen LogP contribution in [0.3, 0.4) is 0 Å². The van der Waals surface area contributed by atoms with Crippen LogP contribution in [0.25, 0.3) is 0 Å². The molecule has 5 nitrogen and oxygen atoms in total. The maximum absolute atomic E-state index is 9.22. The van der Waals surface area contributed by atoms with Gasteiger partial charge in [-0.25, -0.2) is 4.98 Å². The summed E-state index contributed by atoms with van der Waals surface area (Å²) in [6, 6.07) is 0.110. The molecule has 0 aliphatic heterocycles. The van der Waals surface area contributed by atoms with Gasteiger partial charge in [0.2, 0.25) is 0 Å². The van der Waals surface area contributed by atoms with Gasteiger partial charge in [0.25, 0.3) is 0 Å². The molecule has 1 aromatic heterocycles. The van der Waals surface area contributed by atoms with Crippen molar-refractivity contribution in [3.63, 3.8) is 0 Å². The SMILES string of the molecule is CC(O)C(C)NCCc1ncn(C)n1. The van der Waals surface area contributed by atoms with Crippen LogP contribution in [-0.2, 0) is 13.5 Å². The van der Waals surface area contributed by atoms with Gasteiger partial charge in [-0.05, 0) is 13.8 Å². The molecule has 2 atom stereocenters. The molecule has 0 saturated carbocycles. The van der Waals surface area contributed by atoms with Crippen LogP contribution in [0.2, 0.25) is 0 Å². The standard InChI is InChI=1S/C9H18N4O/c1-7(8(2)14)10-5-4-9-11-6-13(3)12-9/h6-8,10,14H,4-5H2,1-3H3. The lowest BCUT2D eigenvalue weighted by molar-refractivity contribution is 0.153. The first kappa shape index (κ1) is 11.1. The lowest BCUT2D eigenvalue weighted by Gasteiger charge is -2.15. The molecular formula is C9H18N4O. The minimum absolute atomic E-state index is 0.110. The molecule has 14 heavy (non-hydrogen) atoms. The zero-order chi connectivity index (χ0) is 10.6. The number of aryl methyl sites for hydroxylation is 1. The highest BCUT2D eigenvalue weighted by Crippen LogP contribution is 1.92. The predicted molar refractivity (Wildman–Crippen MR) is 53.9 cm³/mol. The fourth-order valence-corrected chi connectivity index (χ4v) is 1.08. The molecule has 2 N–H and O–H groups in total. The Labute approximate surface area is 84.2 Å². The second kappa shape index (κ2) is 5.07. The molecule has 0 radical (unpaired) electrons. The molecule has 0 spiro atoms. The van der Waals surface area contributed by atoms with Gasteiger partial charge in [0, 0.05) is 26.1 Å². The number of hydrogen-bond acceptors (Lipinski definition) is 4. The predicted octanol–water partition coefficient (Wildman–Crippen LogP) is -0.284. The molecular weight excluding hydrogens is 180 g/mol. The molecule has 1 aromatic rings. The summed E-state index contributed by atoms with van der Waals surface area (Å²) in [4.78, 5) is 4.11. The summed E-state index contributed by atoms with van der Waals surface area (Å²) in [6.07, 6.45) is 2.15. The molecule has 0 aromatic carbocycles. The molecule has 0 aliphatic carbocycles. The van der Waals surface area contributed by atoms with Crippen molar-refractivity contribution in [3.8, 4) is 0 Å². The summed E-state index contributed by atoms with van der Waals surface area (Å²) in [7, 11) is 1.85. The summed E-state index contributed by atoms with van der Waals surface area (Å²) >= 11 is 0. The monoisotopic (exact) mass is 198 g/mol. The van der Waals surface area contributed by atoms with Gasteiger partial charge in [0.05, 0.1) is 6.10 Å². The number of aliphatic hydroxyl groups is 1. The molecule has 2 unspecified atom stereocenters. The molecule has 0 bridgehead atoms. The van der Waals surface area contributed by atoms with Crippen molar-refractivity contribution in [3.05, 3.63) is 12.2 Å². The Morgan fingerprint density at radius 2 is 2.29 bits per heavy atom. The third-order valence-corrected chi connectivity index (χ3v) is 2.19. The Hall–Kier alpha value is -0.940. The zero-order valence-electron chi connectivity index (χ0n) is 8.94. The van der Waals surface area contributed by atoms with Gasteiger partial charge in [0.15, 0.2) is 5.82 Å². The van der Waals surface area contributed by atoms with Gasteiger partial charge in [0.1, 0.15) is 6.33 Å². The molecule has 0 fully saturated rings. The third kappa shape index (κ3) is 3.43. The first-order chi connectivity index (χ1) is 6.59. The molecule has 0 amide bonds. The fourth-order valence-electron chi connectivity index (χ4n) is 1.08. The van der Waals surface area contributed by atoms with Gasteiger partial charge < -0.3 is 10.4 Å². The van der Waals surface area contributed by atoms with E-state index in [0.717, 1.165) is 18.8 Å². The first-order valence-corrected chi connectivity index (χ1v) is 4.85. The van der Waals surface area contributed by atoms with Crippen LogP contribution in [0.5, 0.6) is 0 Å². The number of rotatable bonds is 5. The molecule has 80 valence electrons. The number of aliphatic hydroxyl groups excluding tert-OH is 1. The zero-order valence-corrected chi connectivity index (χ0v) is 8.94. The van der Waals surface area contributed by atoms with E-state index in [9.17, 15) is 5.11 Å². The summed E-state index contributed by atoms with van der Waals surface area (Å²) < 4.78 is 1.69. The third-order valence-electron chi connectivity index (χ3n) is 2.19. The highest BCUT2D eigenvalue weighted by molar-refractivity contribution is 4.82. The van der Waals surface area contributed by atoms with Gasteiger partial charge in [-0.2, -0.15) is 5.10 Å². The van der Waals surface area contributed by atoms with Crippen LogP contribution in [0.15, 0.2) is 6.33 Å². The van der Waals surface area contributed by atoms with Crippen molar-refractivity contribution in [2.24, 2.45) is 7.05 Å². The Morgan fingerprint density at radius 1 is 1.57 bits per heavy atom. The number of nitrogens with one attached hydrogen (secondary N) is 1. The Kier molecular flexibility index (Phi) is 4.03. The van der Waals surface area contributed by atoms with Crippen molar-refractivity contribution in [2.45, 2.75) is 32.4 Å². The maximum atomic E-state index is 9.22. The Bertz CT molecular complexity index is 272. The summed E-state index contributed by atoms with van der Waals surface area (Å²) in [5.41, 5.74) is 0. The van der Waals surface area contributed by atoms with E-state index >= 15 is 0 Å².